The monoisotopic (exact) mass is 237 g/mol. The van der Waals surface area contributed by atoms with Crippen molar-refractivity contribution in [2.75, 3.05) is 13.2 Å². The van der Waals surface area contributed by atoms with Gasteiger partial charge in [-0.3, -0.25) is 0 Å². The Kier molecular flexibility index (Phi) is 5.45. The van der Waals surface area contributed by atoms with E-state index in [2.05, 4.69) is 5.32 Å². The predicted octanol–water partition coefficient (Wildman–Crippen LogP) is 2.43. The van der Waals surface area contributed by atoms with Crippen molar-refractivity contribution in [3.05, 3.63) is 29.3 Å². The van der Waals surface area contributed by atoms with Crippen LogP contribution in [0.2, 0.25) is 0 Å². The molecule has 0 aromatic heterocycles. The Labute approximate surface area is 104 Å². The molecule has 0 spiro atoms. The van der Waals surface area contributed by atoms with Gasteiger partial charge in [-0.25, -0.2) is 0 Å². The maximum absolute atomic E-state index is 10.2. The Bertz CT molecular complexity index is 352. The minimum absolute atomic E-state index is 0.0531. The molecular formula is C14H23NO2. The molecule has 2 N–H and O–H groups in total. The van der Waals surface area contributed by atoms with Crippen molar-refractivity contribution in [3.8, 4) is 5.75 Å². The summed E-state index contributed by atoms with van der Waals surface area (Å²) < 4.78 is 5.48. The number of aliphatic hydroxyl groups excluding tert-OH is 1. The summed E-state index contributed by atoms with van der Waals surface area (Å²) in [4.78, 5) is 0. The van der Waals surface area contributed by atoms with E-state index in [0.717, 1.165) is 23.4 Å². The van der Waals surface area contributed by atoms with Crippen LogP contribution in [-0.4, -0.2) is 24.3 Å². The first-order valence-electron chi connectivity index (χ1n) is 6.24. The summed E-state index contributed by atoms with van der Waals surface area (Å²) >= 11 is 0. The Balaban J connectivity index is 2.81. The Morgan fingerprint density at radius 2 is 2.06 bits per heavy atom. The molecule has 0 amide bonds. The molecule has 0 radical (unpaired) electrons. The third-order valence-electron chi connectivity index (χ3n) is 2.84. The molecule has 1 aromatic rings. The summed E-state index contributed by atoms with van der Waals surface area (Å²) in [7, 11) is 0. The lowest BCUT2D eigenvalue weighted by molar-refractivity contribution is 0.137. The van der Waals surface area contributed by atoms with Gasteiger partial charge in [0.05, 0.1) is 12.7 Å². The van der Waals surface area contributed by atoms with Gasteiger partial charge in [0.1, 0.15) is 5.75 Å². The lowest BCUT2D eigenvalue weighted by Crippen LogP contribution is -2.31. The second-order valence-electron chi connectivity index (χ2n) is 4.25. The molecule has 2 unspecified atom stereocenters. The number of hydrogen-bond acceptors (Lipinski definition) is 3. The summed E-state index contributed by atoms with van der Waals surface area (Å²) in [6.07, 6.45) is -0.482. The largest absolute Gasteiger partial charge is 0.494 e. The summed E-state index contributed by atoms with van der Waals surface area (Å²) in [6.45, 7) is 9.51. The van der Waals surface area contributed by atoms with E-state index in [9.17, 15) is 5.11 Å². The van der Waals surface area contributed by atoms with Crippen molar-refractivity contribution in [1.82, 2.24) is 5.32 Å². The van der Waals surface area contributed by atoms with E-state index in [1.54, 1.807) is 0 Å². The van der Waals surface area contributed by atoms with E-state index >= 15 is 0 Å². The van der Waals surface area contributed by atoms with Gasteiger partial charge in [-0.2, -0.15) is 0 Å². The van der Waals surface area contributed by atoms with Crippen molar-refractivity contribution in [3.63, 3.8) is 0 Å². The first-order valence-corrected chi connectivity index (χ1v) is 6.24. The zero-order chi connectivity index (χ0) is 12.8. The van der Waals surface area contributed by atoms with Crippen LogP contribution in [0.3, 0.4) is 0 Å². The fourth-order valence-electron chi connectivity index (χ4n) is 1.90. The smallest absolute Gasteiger partial charge is 0.122 e. The maximum Gasteiger partial charge on any atom is 0.122 e. The van der Waals surface area contributed by atoms with Crippen LogP contribution < -0.4 is 10.1 Å². The van der Waals surface area contributed by atoms with Gasteiger partial charge in [-0.05, 0) is 50.6 Å². The molecule has 0 aliphatic rings. The predicted molar refractivity (Wildman–Crippen MR) is 70.4 cm³/mol. The van der Waals surface area contributed by atoms with E-state index < -0.39 is 6.10 Å². The van der Waals surface area contributed by atoms with Crippen molar-refractivity contribution >= 4 is 0 Å². The molecule has 0 fully saturated rings. The molecule has 0 aliphatic carbocycles. The highest BCUT2D eigenvalue weighted by Crippen LogP contribution is 2.24. The van der Waals surface area contributed by atoms with Crippen LogP contribution in [0.5, 0.6) is 5.75 Å². The first-order chi connectivity index (χ1) is 8.10. The highest BCUT2D eigenvalue weighted by atomic mass is 16.5. The van der Waals surface area contributed by atoms with Crippen LogP contribution in [-0.2, 0) is 0 Å². The molecule has 0 saturated heterocycles. The van der Waals surface area contributed by atoms with Gasteiger partial charge in [0.2, 0.25) is 0 Å². The van der Waals surface area contributed by atoms with E-state index in [4.69, 9.17) is 4.74 Å². The molecule has 2 atom stereocenters. The van der Waals surface area contributed by atoms with Gasteiger partial charge < -0.3 is 15.2 Å². The molecule has 0 bridgehead atoms. The Hall–Kier alpha value is -1.06. The summed E-state index contributed by atoms with van der Waals surface area (Å²) in [5.74, 6) is 0.888. The van der Waals surface area contributed by atoms with Crippen LogP contribution in [0, 0.1) is 6.92 Å². The first kappa shape index (κ1) is 14.0. The molecule has 0 saturated carbocycles. The van der Waals surface area contributed by atoms with E-state index in [1.807, 2.05) is 45.9 Å². The number of rotatable bonds is 6. The zero-order valence-corrected chi connectivity index (χ0v) is 11.2. The van der Waals surface area contributed by atoms with E-state index in [0.29, 0.717) is 6.61 Å². The second-order valence-corrected chi connectivity index (χ2v) is 4.25. The summed E-state index contributed by atoms with van der Waals surface area (Å²) in [6, 6.07) is 5.90. The van der Waals surface area contributed by atoms with E-state index in [-0.39, 0.29) is 6.04 Å². The third kappa shape index (κ3) is 3.72. The van der Waals surface area contributed by atoms with Gasteiger partial charge in [-0.1, -0.05) is 13.0 Å². The second kappa shape index (κ2) is 6.62. The lowest BCUT2D eigenvalue weighted by Gasteiger charge is -2.20. The summed E-state index contributed by atoms with van der Waals surface area (Å²) in [5.41, 5.74) is 1.99. The molecule has 0 aliphatic heterocycles. The average molecular weight is 237 g/mol. The van der Waals surface area contributed by atoms with Gasteiger partial charge in [0, 0.05) is 6.04 Å². The molecule has 1 rings (SSSR count). The minimum Gasteiger partial charge on any atom is -0.494 e. The van der Waals surface area contributed by atoms with Crippen molar-refractivity contribution in [1.29, 1.82) is 0 Å². The van der Waals surface area contributed by atoms with Gasteiger partial charge >= 0.3 is 0 Å². The number of hydrogen-bond donors (Lipinski definition) is 2. The van der Waals surface area contributed by atoms with Gasteiger partial charge in [-0.15, -0.1) is 0 Å². The number of aryl methyl sites for hydroxylation is 1. The maximum atomic E-state index is 10.2. The average Bonchev–Trinajstić information content (AvgIpc) is 2.31. The molecule has 3 heteroatoms. The molecular weight excluding hydrogens is 214 g/mol. The normalized spacial score (nSPS) is 14.4. The molecule has 3 nitrogen and oxygen atoms in total. The number of nitrogens with one attached hydrogen (secondary N) is 1. The minimum atomic E-state index is -0.482. The fraction of sp³-hybridized carbons (Fsp3) is 0.571. The van der Waals surface area contributed by atoms with Crippen LogP contribution in [0.4, 0.5) is 0 Å². The topological polar surface area (TPSA) is 41.5 Å². The SMILES string of the molecule is CCNC(C)C(O)c1ccc(OCC)c(C)c1. The highest BCUT2D eigenvalue weighted by Gasteiger charge is 2.16. The van der Waals surface area contributed by atoms with Crippen LogP contribution >= 0.6 is 0 Å². The van der Waals surface area contributed by atoms with E-state index in [1.165, 1.54) is 0 Å². The molecule has 17 heavy (non-hydrogen) atoms. The quantitative estimate of drug-likeness (QED) is 0.798. The lowest BCUT2D eigenvalue weighted by atomic mass is 10.0. The van der Waals surface area contributed by atoms with Crippen LogP contribution in [0.15, 0.2) is 18.2 Å². The summed E-state index contributed by atoms with van der Waals surface area (Å²) in [5, 5.41) is 13.4. The van der Waals surface area contributed by atoms with Gasteiger partial charge in [0.15, 0.2) is 0 Å². The fourth-order valence-corrected chi connectivity index (χ4v) is 1.90. The number of ether oxygens (including phenoxy) is 1. The standard InChI is InChI=1S/C14H23NO2/c1-5-15-11(4)14(16)12-7-8-13(17-6-2)10(3)9-12/h7-9,11,14-16H,5-6H2,1-4H3. The Morgan fingerprint density at radius 1 is 1.35 bits per heavy atom. The number of likely N-dealkylation sites (N-methyl/N-ethyl adjacent to an activating group) is 1. The molecule has 1 aromatic carbocycles. The van der Waals surface area contributed by atoms with Crippen molar-refractivity contribution in [2.45, 2.75) is 39.8 Å². The molecule has 0 heterocycles. The number of benzene rings is 1. The van der Waals surface area contributed by atoms with Crippen molar-refractivity contribution in [2.24, 2.45) is 0 Å². The number of aliphatic hydroxyl groups is 1. The Morgan fingerprint density at radius 3 is 2.59 bits per heavy atom. The zero-order valence-electron chi connectivity index (χ0n) is 11.2. The highest BCUT2D eigenvalue weighted by molar-refractivity contribution is 5.37. The van der Waals surface area contributed by atoms with Crippen molar-refractivity contribution < 1.29 is 9.84 Å². The van der Waals surface area contributed by atoms with Crippen LogP contribution in [0.25, 0.3) is 0 Å². The van der Waals surface area contributed by atoms with Gasteiger partial charge in [0.25, 0.3) is 0 Å². The van der Waals surface area contributed by atoms with Crippen LogP contribution in [0.1, 0.15) is 38.0 Å². The third-order valence-corrected chi connectivity index (χ3v) is 2.84. The molecule has 96 valence electrons.